The molecular formula is C10H19NO3S2. The van der Waals surface area contributed by atoms with Gasteiger partial charge in [-0.2, -0.15) is 11.8 Å². The number of carboxylic acid groups (broad SMARTS) is 1. The van der Waals surface area contributed by atoms with E-state index in [1.54, 1.807) is 11.8 Å². The molecule has 94 valence electrons. The van der Waals surface area contributed by atoms with Gasteiger partial charge < -0.3 is 10.4 Å². The lowest BCUT2D eigenvalue weighted by molar-refractivity contribution is -0.141. The summed E-state index contributed by atoms with van der Waals surface area (Å²) in [7, 11) is 0. The maximum Gasteiger partial charge on any atom is 0.326 e. The molecule has 1 amide bonds. The van der Waals surface area contributed by atoms with Gasteiger partial charge in [0.15, 0.2) is 0 Å². The molecule has 0 aliphatic rings. The van der Waals surface area contributed by atoms with Crippen LogP contribution in [0.5, 0.6) is 0 Å². The second-order valence-electron chi connectivity index (χ2n) is 3.60. The predicted molar refractivity (Wildman–Crippen MR) is 70.2 cm³/mol. The van der Waals surface area contributed by atoms with Crippen LogP contribution in [0.4, 0.5) is 0 Å². The minimum absolute atomic E-state index is 0.202. The quantitative estimate of drug-likeness (QED) is 0.695. The Morgan fingerprint density at radius 2 is 2.00 bits per heavy atom. The van der Waals surface area contributed by atoms with E-state index >= 15 is 0 Å². The van der Waals surface area contributed by atoms with Gasteiger partial charge in [0, 0.05) is 0 Å². The molecule has 0 aromatic rings. The molecule has 1 atom stereocenters. The minimum atomic E-state index is -0.961. The van der Waals surface area contributed by atoms with Crippen LogP contribution < -0.4 is 5.32 Å². The Morgan fingerprint density at radius 1 is 1.38 bits per heavy atom. The molecule has 0 spiro atoms. The summed E-state index contributed by atoms with van der Waals surface area (Å²) in [6.07, 6.45) is 2.38. The number of hydrogen-bond acceptors (Lipinski definition) is 4. The van der Waals surface area contributed by atoms with Crippen molar-refractivity contribution in [2.75, 3.05) is 17.8 Å². The Morgan fingerprint density at radius 3 is 2.44 bits per heavy atom. The van der Waals surface area contributed by atoms with Gasteiger partial charge in [0.05, 0.1) is 5.75 Å². The first-order valence-electron chi connectivity index (χ1n) is 5.10. The summed E-state index contributed by atoms with van der Waals surface area (Å²) in [5.41, 5.74) is 0. The molecule has 0 aromatic carbocycles. The van der Waals surface area contributed by atoms with E-state index < -0.39 is 12.0 Å². The minimum Gasteiger partial charge on any atom is -0.480 e. The van der Waals surface area contributed by atoms with Gasteiger partial charge in [0.1, 0.15) is 6.04 Å². The van der Waals surface area contributed by atoms with Gasteiger partial charge in [-0.15, -0.1) is 11.8 Å². The van der Waals surface area contributed by atoms with Gasteiger partial charge in [0.25, 0.3) is 0 Å². The molecule has 0 rings (SSSR count). The first kappa shape index (κ1) is 15.6. The largest absolute Gasteiger partial charge is 0.480 e. The fourth-order valence-corrected chi connectivity index (χ4v) is 2.01. The van der Waals surface area contributed by atoms with Crippen LogP contribution in [-0.4, -0.2) is 46.0 Å². The smallest absolute Gasteiger partial charge is 0.326 e. The van der Waals surface area contributed by atoms with E-state index in [0.29, 0.717) is 17.4 Å². The molecule has 2 N–H and O–H groups in total. The van der Waals surface area contributed by atoms with E-state index in [2.05, 4.69) is 5.32 Å². The number of rotatable bonds is 8. The van der Waals surface area contributed by atoms with E-state index in [4.69, 9.17) is 5.11 Å². The average molecular weight is 265 g/mol. The van der Waals surface area contributed by atoms with Gasteiger partial charge in [-0.05, 0) is 23.7 Å². The molecule has 16 heavy (non-hydrogen) atoms. The van der Waals surface area contributed by atoms with E-state index in [1.165, 1.54) is 11.8 Å². The van der Waals surface area contributed by atoms with Crippen molar-refractivity contribution in [3.63, 3.8) is 0 Å². The van der Waals surface area contributed by atoms with Crippen molar-refractivity contribution in [2.45, 2.75) is 31.6 Å². The lowest BCUT2D eigenvalue weighted by Crippen LogP contribution is -2.42. The molecule has 0 saturated carbocycles. The molecule has 0 bridgehead atoms. The van der Waals surface area contributed by atoms with Gasteiger partial charge >= 0.3 is 5.97 Å². The fourth-order valence-electron chi connectivity index (χ4n) is 0.971. The summed E-state index contributed by atoms with van der Waals surface area (Å²) in [6.45, 7) is 4.00. The van der Waals surface area contributed by atoms with Crippen molar-refractivity contribution >= 4 is 35.4 Å². The Bertz CT molecular complexity index is 234. The first-order chi connectivity index (χ1) is 7.47. The standard InChI is InChI=1S/C10H19NO3S2/c1-7(2)16-6-9(12)11-8(10(13)14)4-5-15-3/h7-8H,4-6H2,1-3H3,(H,11,12)(H,13,14)/t8-/m1/s1. The van der Waals surface area contributed by atoms with E-state index in [-0.39, 0.29) is 5.91 Å². The molecule has 0 radical (unpaired) electrons. The first-order valence-corrected chi connectivity index (χ1v) is 7.54. The lowest BCUT2D eigenvalue weighted by Gasteiger charge is -2.14. The third-order valence-electron chi connectivity index (χ3n) is 1.79. The average Bonchev–Trinajstić information content (AvgIpc) is 2.20. The van der Waals surface area contributed by atoms with Crippen LogP contribution in [0.15, 0.2) is 0 Å². The van der Waals surface area contributed by atoms with Crippen LogP contribution >= 0.6 is 23.5 Å². The molecule has 0 aliphatic carbocycles. The maximum atomic E-state index is 11.4. The Hall–Kier alpha value is -0.360. The number of carbonyl (C=O) groups is 2. The Labute approximate surface area is 105 Å². The molecule has 0 unspecified atom stereocenters. The van der Waals surface area contributed by atoms with Gasteiger partial charge in [-0.3, -0.25) is 4.79 Å². The van der Waals surface area contributed by atoms with Crippen LogP contribution in [0, 0.1) is 0 Å². The maximum absolute atomic E-state index is 11.4. The molecule has 0 aliphatic heterocycles. The highest BCUT2D eigenvalue weighted by Gasteiger charge is 2.19. The summed E-state index contributed by atoms with van der Waals surface area (Å²) in [5, 5.41) is 11.8. The van der Waals surface area contributed by atoms with Crippen LogP contribution in [0.1, 0.15) is 20.3 Å². The van der Waals surface area contributed by atoms with E-state index in [1.807, 2.05) is 20.1 Å². The monoisotopic (exact) mass is 265 g/mol. The van der Waals surface area contributed by atoms with Gasteiger partial charge in [-0.25, -0.2) is 4.79 Å². The zero-order chi connectivity index (χ0) is 12.6. The third-order valence-corrected chi connectivity index (χ3v) is 3.53. The van der Waals surface area contributed by atoms with Gasteiger partial charge in [0.2, 0.25) is 5.91 Å². The fraction of sp³-hybridized carbons (Fsp3) is 0.800. The Balaban J connectivity index is 3.98. The zero-order valence-electron chi connectivity index (χ0n) is 9.86. The van der Waals surface area contributed by atoms with E-state index in [0.717, 1.165) is 5.75 Å². The van der Waals surface area contributed by atoms with Crippen molar-refractivity contribution in [1.82, 2.24) is 5.32 Å². The number of nitrogens with one attached hydrogen (secondary N) is 1. The lowest BCUT2D eigenvalue weighted by atomic mass is 10.2. The summed E-state index contributed by atoms with van der Waals surface area (Å²) >= 11 is 3.08. The topological polar surface area (TPSA) is 66.4 Å². The third kappa shape index (κ3) is 7.87. The van der Waals surface area contributed by atoms with Crippen molar-refractivity contribution in [3.05, 3.63) is 0 Å². The molecule has 0 heterocycles. The number of aliphatic carboxylic acids is 1. The highest BCUT2D eigenvalue weighted by atomic mass is 32.2. The van der Waals surface area contributed by atoms with Crippen LogP contribution in [-0.2, 0) is 9.59 Å². The summed E-state index contributed by atoms with van der Waals surface area (Å²) in [4.78, 5) is 22.3. The van der Waals surface area contributed by atoms with Crippen LogP contribution in [0.2, 0.25) is 0 Å². The van der Waals surface area contributed by atoms with Crippen LogP contribution in [0.3, 0.4) is 0 Å². The van der Waals surface area contributed by atoms with Gasteiger partial charge in [-0.1, -0.05) is 13.8 Å². The number of carbonyl (C=O) groups excluding carboxylic acids is 1. The summed E-state index contributed by atoms with van der Waals surface area (Å²) in [5.74, 6) is -0.112. The molecule has 4 nitrogen and oxygen atoms in total. The normalized spacial score (nSPS) is 12.5. The number of hydrogen-bond donors (Lipinski definition) is 2. The van der Waals surface area contributed by atoms with Crippen LogP contribution in [0.25, 0.3) is 0 Å². The molecule has 0 aromatic heterocycles. The highest BCUT2D eigenvalue weighted by Crippen LogP contribution is 2.08. The second-order valence-corrected chi connectivity index (χ2v) is 6.15. The number of carboxylic acids is 1. The highest BCUT2D eigenvalue weighted by molar-refractivity contribution is 8.00. The number of thioether (sulfide) groups is 2. The molecular weight excluding hydrogens is 246 g/mol. The summed E-state index contributed by atoms with van der Waals surface area (Å²) in [6, 6.07) is -0.757. The Kier molecular flexibility index (Phi) is 8.56. The van der Waals surface area contributed by atoms with Crippen molar-refractivity contribution in [3.8, 4) is 0 Å². The summed E-state index contributed by atoms with van der Waals surface area (Å²) < 4.78 is 0. The predicted octanol–water partition coefficient (Wildman–Crippen LogP) is 1.45. The SMILES string of the molecule is CSCC[C@@H](NC(=O)CSC(C)C)C(=O)O. The van der Waals surface area contributed by atoms with Crippen molar-refractivity contribution < 1.29 is 14.7 Å². The van der Waals surface area contributed by atoms with E-state index in [9.17, 15) is 9.59 Å². The molecule has 0 fully saturated rings. The van der Waals surface area contributed by atoms with Crippen molar-refractivity contribution in [1.29, 1.82) is 0 Å². The number of amides is 1. The second kappa shape index (κ2) is 8.75. The zero-order valence-corrected chi connectivity index (χ0v) is 11.5. The molecule has 0 saturated heterocycles. The van der Waals surface area contributed by atoms with Crippen molar-refractivity contribution in [2.24, 2.45) is 0 Å². The molecule has 6 heteroatoms.